The van der Waals surface area contributed by atoms with Crippen LogP contribution in [-0.2, 0) is 0 Å². The van der Waals surface area contributed by atoms with Gasteiger partial charge in [-0.3, -0.25) is 9.98 Å². The Bertz CT molecular complexity index is 334. The molecule has 1 aliphatic carbocycles. The minimum Gasteiger partial charge on any atom is -0.286 e. The molecule has 1 aliphatic rings. The molecule has 0 radical (unpaired) electrons. The van der Waals surface area contributed by atoms with Gasteiger partial charge in [0.15, 0.2) is 0 Å². The third-order valence-corrected chi connectivity index (χ3v) is 2.84. The van der Waals surface area contributed by atoms with Crippen molar-refractivity contribution < 1.29 is 0 Å². The van der Waals surface area contributed by atoms with E-state index in [2.05, 4.69) is 48.1 Å². The lowest BCUT2D eigenvalue weighted by Gasteiger charge is -2.17. The largest absolute Gasteiger partial charge is 0.286 e. The highest BCUT2D eigenvalue weighted by Crippen LogP contribution is 2.26. The van der Waals surface area contributed by atoms with Gasteiger partial charge in [-0.2, -0.15) is 0 Å². The summed E-state index contributed by atoms with van der Waals surface area (Å²) in [4.78, 5) is 8.70. The van der Waals surface area contributed by atoms with E-state index in [1.165, 1.54) is 0 Å². The monoisotopic (exact) mass is 204 g/mol. The molecule has 0 heterocycles. The molecule has 2 nitrogen and oxygen atoms in total. The van der Waals surface area contributed by atoms with E-state index in [4.69, 9.17) is 0 Å². The fourth-order valence-corrected chi connectivity index (χ4v) is 1.49. The zero-order chi connectivity index (χ0) is 11.3. The van der Waals surface area contributed by atoms with Crippen molar-refractivity contribution in [2.45, 2.75) is 27.2 Å². The van der Waals surface area contributed by atoms with E-state index >= 15 is 0 Å². The number of nitrogens with zero attached hydrogens (tertiary/aromatic N) is 2. The van der Waals surface area contributed by atoms with Crippen LogP contribution in [-0.4, -0.2) is 25.0 Å². The number of hydrogen-bond acceptors (Lipinski definition) is 2. The highest BCUT2D eigenvalue weighted by atomic mass is 14.8. The first kappa shape index (κ1) is 11.9. The molecule has 0 saturated carbocycles. The number of rotatable bonds is 2. The summed E-state index contributed by atoms with van der Waals surface area (Å²) < 4.78 is 0. The van der Waals surface area contributed by atoms with Gasteiger partial charge in [0.1, 0.15) is 0 Å². The van der Waals surface area contributed by atoms with Crippen molar-refractivity contribution in [2.24, 2.45) is 15.4 Å². The van der Waals surface area contributed by atoms with E-state index in [0.29, 0.717) is 0 Å². The van der Waals surface area contributed by atoms with Crippen LogP contribution in [0.5, 0.6) is 0 Å². The average molecular weight is 204 g/mol. The first-order valence-electron chi connectivity index (χ1n) is 5.55. The maximum absolute atomic E-state index is 4.44. The summed E-state index contributed by atoms with van der Waals surface area (Å²) in [7, 11) is 1.81. The van der Waals surface area contributed by atoms with Crippen molar-refractivity contribution >= 4 is 11.4 Å². The SMILES string of the molecule is CCN=C1C=CC(C)(CC)C=CC1=NC. The van der Waals surface area contributed by atoms with Crippen molar-refractivity contribution in [1.29, 1.82) is 0 Å². The molecule has 2 heteroatoms. The van der Waals surface area contributed by atoms with Gasteiger partial charge < -0.3 is 0 Å². The quantitative estimate of drug-likeness (QED) is 0.660. The predicted octanol–water partition coefficient (Wildman–Crippen LogP) is 3.06. The molecular formula is C13H20N2. The lowest BCUT2D eigenvalue weighted by Crippen LogP contribution is -2.08. The van der Waals surface area contributed by atoms with Gasteiger partial charge >= 0.3 is 0 Å². The molecule has 0 aliphatic heterocycles. The molecule has 0 aromatic carbocycles. The van der Waals surface area contributed by atoms with E-state index in [9.17, 15) is 0 Å². The Kier molecular flexibility index (Phi) is 4.01. The van der Waals surface area contributed by atoms with Crippen LogP contribution in [0.15, 0.2) is 34.3 Å². The summed E-state index contributed by atoms with van der Waals surface area (Å²) in [5.74, 6) is 0. The van der Waals surface area contributed by atoms with Crippen molar-refractivity contribution in [1.82, 2.24) is 0 Å². The summed E-state index contributed by atoms with van der Waals surface area (Å²) in [5, 5.41) is 0. The minimum absolute atomic E-state index is 0.140. The Hall–Kier alpha value is -1.18. The molecule has 0 amide bonds. The van der Waals surface area contributed by atoms with E-state index < -0.39 is 0 Å². The van der Waals surface area contributed by atoms with Gasteiger partial charge in [-0.05, 0) is 25.5 Å². The zero-order valence-electron chi connectivity index (χ0n) is 10.1. The van der Waals surface area contributed by atoms with Crippen LogP contribution < -0.4 is 0 Å². The summed E-state index contributed by atoms with van der Waals surface area (Å²) in [6, 6.07) is 0. The molecule has 0 aromatic heterocycles. The Labute approximate surface area is 92.5 Å². The van der Waals surface area contributed by atoms with Gasteiger partial charge in [-0.25, -0.2) is 0 Å². The van der Waals surface area contributed by atoms with Gasteiger partial charge in [0.25, 0.3) is 0 Å². The van der Waals surface area contributed by atoms with Crippen molar-refractivity contribution in [2.75, 3.05) is 13.6 Å². The second kappa shape index (κ2) is 5.06. The van der Waals surface area contributed by atoms with Gasteiger partial charge in [-0.15, -0.1) is 0 Å². The van der Waals surface area contributed by atoms with E-state index in [1.807, 2.05) is 14.0 Å². The Balaban J connectivity index is 3.11. The lowest BCUT2D eigenvalue weighted by molar-refractivity contribution is 0.532. The van der Waals surface area contributed by atoms with Crippen LogP contribution in [0.1, 0.15) is 27.2 Å². The summed E-state index contributed by atoms with van der Waals surface area (Å²) in [6.07, 6.45) is 9.70. The normalized spacial score (nSPS) is 31.2. The first-order valence-corrected chi connectivity index (χ1v) is 5.55. The predicted molar refractivity (Wildman–Crippen MR) is 68.0 cm³/mol. The first-order chi connectivity index (χ1) is 7.15. The minimum atomic E-state index is 0.140. The van der Waals surface area contributed by atoms with Crippen molar-refractivity contribution in [3.05, 3.63) is 24.3 Å². The fourth-order valence-electron chi connectivity index (χ4n) is 1.49. The maximum atomic E-state index is 4.44. The zero-order valence-corrected chi connectivity index (χ0v) is 10.1. The molecule has 0 bridgehead atoms. The van der Waals surface area contributed by atoms with Gasteiger partial charge in [0.2, 0.25) is 0 Å². The van der Waals surface area contributed by atoms with Crippen LogP contribution in [0.3, 0.4) is 0 Å². The van der Waals surface area contributed by atoms with Gasteiger partial charge in [-0.1, -0.05) is 26.0 Å². The van der Waals surface area contributed by atoms with Crippen molar-refractivity contribution in [3.63, 3.8) is 0 Å². The standard InChI is InChI=1S/C13H20N2/c1-5-13(3)9-7-11(14-4)12(8-10-13)15-6-2/h7-10H,5-6H2,1-4H3. The number of allylic oxidation sites excluding steroid dienone is 4. The van der Waals surface area contributed by atoms with Crippen LogP contribution in [0.4, 0.5) is 0 Å². The van der Waals surface area contributed by atoms with Crippen LogP contribution in [0, 0.1) is 5.41 Å². The summed E-state index contributed by atoms with van der Waals surface area (Å²) >= 11 is 0. The van der Waals surface area contributed by atoms with Crippen LogP contribution >= 0.6 is 0 Å². The Morgan fingerprint density at radius 1 is 1.13 bits per heavy atom. The highest BCUT2D eigenvalue weighted by molar-refractivity contribution is 6.50. The molecule has 0 aromatic rings. The van der Waals surface area contributed by atoms with E-state index in [0.717, 1.165) is 24.4 Å². The number of hydrogen-bond donors (Lipinski definition) is 0. The maximum Gasteiger partial charge on any atom is 0.0823 e. The van der Waals surface area contributed by atoms with Crippen molar-refractivity contribution in [3.8, 4) is 0 Å². The summed E-state index contributed by atoms with van der Waals surface area (Å²) in [6.45, 7) is 7.26. The van der Waals surface area contributed by atoms with E-state index in [1.54, 1.807) is 0 Å². The van der Waals surface area contributed by atoms with E-state index in [-0.39, 0.29) is 5.41 Å². The smallest absolute Gasteiger partial charge is 0.0823 e. The van der Waals surface area contributed by atoms with Crippen LogP contribution in [0.25, 0.3) is 0 Å². The Morgan fingerprint density at radius 2 is 1.73 bits per heavy atom. The second-order valence-electron chi connectivity index (χ2n) is 3.99. The van der Waals surface area contributed by atoms with Gasteiger partial charge in [0, 0.05) is 19.0 Å². The number of aliphatic imine (C=N–C) groups is 2. The molecule has 0 saturated heterocycles. The third-order valence-electron chi connectivity index (χ3n) is 2.84. The molecule has 1 rings (SSSR count). The molecule has 1 unspecified atom stereocenters. The average Bonchev–Trinajstić information content (AvgIpc) is 2.41. The molecular weight excluding hydrogens is 184 g/mol. The van der Waals surface area contributed by atoms with Crippen LogP contribution in [0.2, 0.25) is 0 Å². The highest BCUT2D eigenvalue weighted by Gasteiger charge is 2.18. The molecule has 1 atom stereocenters. The molecule has 82 valence electrons. The fraction of sp³-hybridized carbons (Fsp3) is 0.538. The lowest BCUT2D eigenvalue weighted by atomic mass is 9.87. The molecule has 0 fully saturated rings. The second-order valence-corrected chi connectivity index (χ2v) is 3.99. The molecule has 0 N–H and O–H groups in total. The van der Waals surface area contributed by atoms with Gasteiger partial charge in [0.05, 0.1) is 11.4 Å². The molecule has 0 spiro atoms. The molecule has 15 heavy (non-hydrogen) atoms. The third kappa shape index (κ3) is 2.88. The topological polar surface area (TPSA) is 24.7 Å². The Morgan fingerprint density at radius 3 is 2.20 bits per heavy atom. The summed E-state index contributed by atoms with van der Waals surface area (Å²) in [5.41, 5.74) is 2.11.